The Morgan fingerprint density at radius 3 is 2.55 bits per heavy atom. The van der Waals surface area contributed by atoms with Crippen LogP contribution in [-0.2, 0) is 9.53 Å². The molecular weight excluding hydrogens is 284 g/mol. The van der Waals surface area contributed by atoms with Gasteiger partial charge in [-0.3, -0.25) is 4.79 Å². The predicted molar refractivity (Wildman–Crippen MR) is 80.0 cm³/mol. The first kappa shape index (κ1) is 15.9. The van der Waals surface area contributed by atoms with E-state index in [2.05, 4.69) is 15.0 Å². The van der Waals surface area contributed by atoms with E-state index < -0.39 is 5.97 Å². The van der Waals surface area contributed by atoms with Crippen LogP contribution >= 0.6 is 0 Å². The summed E-state index contributed by atoms with van der Waals surface area (Å²) in [5.41, 5.74) is 0.202. The van der Waals surface area contributed by atoms with Crippen LogP contribution in [0.25, 0.3) is 0 Å². The molecule has 0 fully saturated rings. The highest BCUT2D eigenvalue weighted by atomic mass is 16.5. The van der Waals surface area contributed by atoms with Crippen molar-refractivity contribution in [3.8, 4) is 0 Å². The minimum atomic E-state index is -0.538. The Hall–Kier alpha value is -2.50. The number of carbonyl (C=O) groups excluding carboxylic acids is 2. The van der Waals surface area contributed by atoms with Crippen LogP contribution in [0, 0.1) is 5.41 Å². The predicted octanol–water partition coefficient (Wildman–Crippen LogP) is 3.72. The lowest BCUT2D eigenvalue weighted by Gasteiger charge is -2.27. The zero-order valence-electron chi connectivity index (χ0n) is 12.8. The Morgan fingerprint density at radius 1 is 1.23 bits per heavy atom. The number of azo groups is 1. The second-order valence-electron chi connectivity index (χ2n) is 5.94. The minimum absolute atomic E-state index is 0.0426. The van der Waals surface area contributed by atoms with E-state index >= 15 is 0 Å². The van der Waals surface area contributed by atoms with Gasteiger partial charge in [-0.25, -0.2) is 4.79 Å². The van der Waals surface area contributed by atoms with Crippen molar-refractivity contribution < 1.29 is 19.4 Å². The van der Waals surface area contributed by atoms with Crippen LogP contribution in [0.2, 0.25) is 0 Å². The van der Waals surface area contributed by atoms with Gasteiger partial charge in [0.2, 0.25) is 0 Å². The molecule has 6 nitrogen and oxygen atoms in total. The number of methoxy groups -OCH3 is 1. The van der Waals surface area contributed by atoms with Crippen molar-refractivity contribution >= 4 is 17.4 Å². The van der Waals surface area contributed by atoms with E-state index in [0.717, 1.165) is 0 Å². The van der Waals surface area contributed by atoms with Crippen molar-refractivity contribution in [2.24, 2.45) is 15.6 Å². The van der Waals surface area contributed by atoms with Crippen LogP contribution in [0.15, 0.2) is 46.0 Å². The molecule has 0 heterocycles. The van der Waals surface area contributed by atoms with Crippen molar-refractivity contribution in [2.45, 2.75) is 26.7 Å². The SMILES string of the molecule is COC(=O)c1ccccc1N=NC1=C(O)CC(C)(C)CC1=O. The number of rotatable bonds is 3. The van der Waals surface area contributed by atoms with E-state index in [9.17, 15) is 14.7 Å². The number of aliphatic hydroxyl groups is 1. The van der Waals surface area contributed by atoms with Gasteiger partial charge in [-0.1, -0.05) is 26.0 Å². The molecule has 1 aromatic carbocycles. The molecule has 0 aliphatic heterocycles. The summed E-state index contributed by atoms with van der Waals surface area (Å²) in [5, 5.41) is 17.8. The highest BCUT2D eigenvalue weighted by Crippen LogP contribution is 2.36. The topological polar surface area (TPSA) is 88.3 Å². The van der Waals surface area contributed by atoms with Crippen LogP contribution in [-0.4, -0.2) is 24.0 Å². The Balaban J connectivity index is 2.34. The van der Waals surface area contributed by atoms with Crippen molar-refractivity contribution in [2.75, 3.05) is 7.11 Å². The monoisotopic (exact) mass is 302 g/mol. The normalized spacial score (nSPS) is 17.9. The smallest absolute Gasteiger partial charge is 0.340 e. The molecule has 1 aromatic rings. The van der Waals surface area contributed by atoms with Gasteiger partial charge < -0.3 is 9.84 Å². The fourth-order valence-corrected chi connectivity index (χ4v) is 2.34. The lowest BCUT2D eigenvalue weighted by atomic mass is 9.78. The summed E-state index contributed by atoms with van der Waals surface area (Å²) in [4.78, 5) is 23.7. The number of carbonyl (C=O) groups is 2. The Kier molecular flexibility index (Phi) is 4.40. The molecule has 0 saturated carbocycles. The molecule has 6 heteroatoms. The summed E-state index contributed by atoms with van der Waals surface area (Å²) >= 11 is 0. The number of hydrogen-bond acceptors (Lipinski definition) is 6. The van der Waals surface area contributed by atoms with Crippen molar-refractivity contribution in [3.05, 3.63) is 41.3 Å². The molecule has 1 aliphatic carbocycles. The molecule has 2 rings (SSSR count). The van der Waals surface area contributed by atoms with E-state index in [0.29, 0.717) is 12.8 Å². The van der Waals surface area contributed by atoms with Gasteiger partial charge in [-0.15, -0.1) is 10.2 Å². The van der Waals surface area contributed by atoms with E-state index in [1.807, 2.05) is 13.8 Å². The fraction of sp³-hybridized carbons (Fsp3) is 0.375. The molecule has 1 N–H and O–H groups in total. The number of allylic oxidation sites excluding steroid dienone is 2. The van der Waals surface area contributed by atoms with E-state index in [1.165, 1.54) is 7.11 Å². The van der Waals surface area contributed by atoms with Gasteiger partial charge in [-0.2, -0.15) is 0 Å². The maximum atomic E-state index is 12.1. The summed E-state index contributed by atoms with van der Waals surface area (Å²) in [5.74, 6) is -0.863. The molecule has 1 aliphatic rings. The van der Waals surface area contributed by atoms with Crippen LogP contribution < -0.4 is 0 Å². The maximum absolute atomic E-state index is 12.1. The van der Waals surface area contributed by atoms with Crippen molar-refractivity contribution in [1.82, 2.24) is 0 Å². The molecule has 0 amide bonds. The first-order chi connectivity index (χ1) is 10.3. The molecule has 0 bridgehead atoms. The minimum Gasteiger partial charge on any atom is -0.510 e. The van der Waals surface area contributed by atoms with E-state index in [4.69, 9.17) is 0 Å². The van der Waals surface area contributed by atoms with Crippen molar-refractivity contribution in [3.63, 3.8) is 0 Å². The largest absolute Gasteiger partial charge is 0.510 e. The van der Waals surface area contributed by atoms with Crippen molar-refractivity contribution in [1.29, 1.82) is 0 Å². The summed E-state index contributed by atoms with van der Waals surface area (Å²) < 4.78 is 4.67. The van der Waals surface area contributed by atoms with Gasteiger partial charge in [0.05, 0.1) is 12.7 Å². The molecular formula is C16H18N2O4. The highest BCUT2D eigenvalue weighted by molar-refractivity contribution is 5.97. The molecule has 0 spiro atoms. The zero-order valence-corrected chi connectivity index (χ0v) is 12.8. The zero-order chi connectivity index (χ0) is 16.3. The van der Waals surface area contributed by atoms with Gasteiger partial charge in [0, 0.05) is 12.8 Å². The fourth-order valence-electron chi connectivity index (χ4n) is 2.34. The average molecular weight is 302 g/mol. The van der Waals surface area contributed by atoms with Crippen LogP contribution in [0.1, 0.15) is 37.0 Å². The summed E-state index contributed by atoms with van der Waals surface area (Å²) in [6.45, 7) is 3.81. The second-order valence-corrected chi connectivity index (χ2v) is 5.94. The molecule has 0 radical (unpaired) electrons. The third-order valence-electron chi connectivity index (χ3n) is 3.39. The molecule has 0 atom stereocenters. The molecule has 0 saturated heterocycles. The summed E-state index contributed by atoms with van der Waals surface area (Å²) in [6, 6.07) is 6.52. The molecule has 0 aromatic heterocycles. The number of nitrogens with zero attached hydrogens (tertiary/aromatic N) is 2. The van der Waals surface area contributed by atoms with Crippen LogP contribution in [0.5, 0.6) is 0 Å². The first-order valence-corrected chi connectivity index (χ1v) is 6.88. The number of benzene rings is 1. The molecule has 22 heavy (non-hydrogen) atoms. The number of ether oxygens (including phenoxy) is 1. The Bertz CT molecular complexity index is 674. The average Bonchev–Trinajstić information content (AvgIpc) is 2.44. The van der Waals surface area contributed by atoms with Crippen LogP contribution in [0.4, 0.5) is 5.69 Å². The Morgan fingerprint density at radius 2 is 1.91 bits per heavy atom. The number of esters is 1. The lowest BCUT2D eigenvalue weighted by molar-refractivity contribution is -0.118. The highest BCUT2D eigenvalue weighted by Gasteiger charge is 2.33. The number of Topliss-reactive ketones (excluding diaryl/α,β-unsaturated/α-hetero) is 1. The maximum Gasteiger partial charge on any atom is 0.340 e. The summed E-state index contributed by atoms with van der Waals surface area (Å²) in [6.07, 6.45) is 0.663. The first-order valence-electron chi connectivity index (χ1n) is 6.88. The third-order valence-corrected chi connectivity index (χ3v) is 3.39. The number of ketones is 1. The molecule has 116 valence electrons. The Labute approximate surface area is 128 Å². The summed E-state index contributed by atoms with van der Waals surface area (Å²) in [7, 11) is 1.28. The molecule has 0 unspecified atom stereocenters. The van der Waals surface area contributed by atoms with Gasteiger partial charge in [-0.05, 0) is 17.5 Å². The van der Waals surface area contributed by atoms with E-state index in [1.54, 1.807) is 24.3 Å². The lowest BCUT2D eigenvalue weighted by Crippen LogP contribution is -2.25. The van der Waals surface area contributed by atoms with E-state index in [-0.39, 0.29) is 33.9 Å². The van der Waals surface area contributed by atoms with Gasteiger partial charge in [0.15, 0.2) is 11.5 Å². The standard InChI is InChI=1S/C16H18N2O4/c1-16(2)8-12(19)14(13(20)9-16)18-17-11-7-5-4-6-10(11)15(21)22-3/h4-7,19H,8-9H2,1-3H3. The van der Waals surface area contributed by atoms with Crippen LogP contribution in [0.3, 0.4) is 0 Å². The quantitative estimate of drug-likeness (QED) is 0.680. The van der Waals surface area contributed by atoms with Gasteiger partial charge >= 0.3 is 5.97 Å². The third kappa shape index (κ3) is 3.39. The number of hydrogen-bond donors (Lipinski definition) is 1. The van der Waals surface area contributed by atoms with Gasteiger partial charge in [0.1, 0.15) is 11.4 Å². The van der Waals surface area contributed by atoms with Gasteiger partial charge in [0.25, 0.3) is 0 Å². The number of aliphatic hydroxyl groups excluding tert-OH is 1. The second kappa shape index (κ2) is 6.09.